The molecule has 1 saturated heterocycles. The van der Waals surface area contributed by atoms with Crippen LogP contribution >= 0.6 is 23.2 Å². The lowest BCUT2D eigenvalue weighted by molar-refractivity contribution is -0.165. The van der Waals surface area contributed by atoms with Crippen molar-refractivity contribution in [3.8, 4) is 0 Å². The zero-order chi connectivity index (χ0) is 9.57. The largest absolute Gasteiger partial charge is 0.463 e. The average molecular weight is 213 g/mol. The molecule has 1 aliphatic rings. The summed E-state index contributed by atoms with van der Waals surface area (Å²) in [4.78, 5) is 11.0. The summed E-state index contributed by atoms with van der Waals surface area (Å²) in [5, 5.41) is 9.57. The number of alkyl halides is 2. The number of carbonyl (C=O) groups excluding carboxylic acids is 1. The second kappa shape index (κ2) is 2.76. The van der Waals surface area contributed by atoms with Crippen molar-refractivity contribution in [3.05, 3.63) is 0 Å². The van der Waals surface area contributed by atoms with Gasteiger partial charge in [0.2, 0.25) is 4.33 Å². The maximum atomic E-state index is 11.0. The third-order valence-corrected chi connectivity index (χ3v) is 2.65. The van der Waals surface area contributed by atoms with E-state index in [0.717, 1.165) is 0 Å². The molecule has 70 valence electrons. The molecule has 0 radical (unpaired) electrons. The Morgan fingerprint density at radius 3 is 2.50 bits per heavy atom. The predicted octanol–water partition coefficient (Wildman–Crippen LogP) is 1.10. The molecule has 1 fully saturated rings. The van der Waals surface area contributed by atoms with Gasteiger partial charge in [-0.2, -0.15) is 0 Å². The highest BCUT2D eigenvalue weighted by atomic mass is 35.5. The second-order valence-corrected chi connectivity index (χ2v) is 4.98. The molecule has 0 bridgehead atoms. The summed E-state index contributed by atoms with van der Waals surface area (Å²) in [5.41, 5.74) is -0.600. The van der Waals surface area contributed by atoms with Crippen LogP contribution in [0.3, 0.4) is 0 Å². The van der Waals surface area contributed by atoms with Gasteiger partial charge >= 0.3 is 5.97 Å². The van der Waals surface area contributed by atoms with Gasteiger partial charge in [-0.15, -0.1) is 0 Å². The summed E-state index contributed by atoms with van der Waals surface area (Å²) >= 11 is 11.2. The predicted molar refractivity (Wildman–Crippen MR) is 45.2 cm³/mol. The minimum Gasteiger partial charge on any atom is -0.463 e. The number of hydrogen-bond acceptors (Lipinski definition) is 3. The van der Waals surface area contributed by atoms with Crippen LogP contribution in [0.2, 0.25) is 0 Å². The van der Waals surface area contributed by atoms with Crippen molar-refractivity contribution < 1.29 is 14.6 Å². The Kier molecular flexibility index (Phi) is 2.32. The lowest BCUT2D eigenvalue weighted by Gasteiger charge is -2.40. The van der Waals surface area contributed by atoms with Crippen LogP contribution in [0.5, 0.6) is 0 Å². The van der Waals surface area contributed by atoms with Crippen molar-refractivity contribution in [1.82, 2.24) is 0 Å². The number of hydrogen-bond donors (Lipinski definition) is 1. The molecule has 0 aromatic heterocycles. The Hall–Kier alpha value is 0.01000. The number of cyclic esters (lactones) is 1. The van der Waals surface area contributed by atoms with E-state index in [9.17, 15) is 9.90 Å². The van der Waals surface area contributed by atoms with E-state index in [1.807, 2.05) is 0 Å². The number of aliphatic hydroxyl groups is 1. The van der Waals surface area contributed by atoms with Crippen molar-refractivity contribution >= 4 is 29.2 Å². The van der Waals surface area contributed by atoms with Crippen molar-refractivity contribution in [1.29, 1.82) is 0 Å². The van der Waals surface area contributed by atoms with Crippen LogP contribution in [0.25, 0.3) is 0 Å². The van der Waals surface area contributed by atoms with Crippen LogP contribution in [0, 0.1) is 5.41 Å². The fourth-order valence-corrected chi connectivity index (χ4v) is 1.73. The average Bonchev–Trinajstić information content (AvgIpc) is 1.96. The molecular weight excluding hydrogens is 203 g/mol. The minimum absolute atomic E-state index is 0.133. The monoisotopic (exact) mass is 212 g/mol. The Labute approximate surface area is 80.6 Å². The summed E-state index contributed by atoms with van der Waals surface area (Å²) in [7, 11) is 0. The van der Waals surface area contributed by atoms with Crippen LogP contribution < -0.4 is 0 Å². The highest BCUT2D eigenvalue weighted by molar-refractivity contribution is 6.58. The van der Waals surface area contributed by atoms with Crippen molar-refractivity contribution in [3.63, 3.8) is 0 Å². The molecule has 1 heterocycles. The lowest BCUT2D eigenvalue weighted by atomic mass is 9.83. The number of carbonyl (C=O) groups is 1. The van der Waals surface area contributed by atoms with E-state index in [1.54, 1.807) is 13.8 Å². The van der Waals surface area contributed by atoms with Gasteiger partial charge < -0.3 is 9.84 Å². The van der Waals surface area contributed by atoms with Gasteiger partial charge in [-0.3, -0.25) is 0 Å². The van der Waals surface area contributed by atoms with Crippen molar-refractivity contribution in [2.75, 3.05) is 6.61 Å². The normalized spacial score (nSPS) is 32.8. The Morgan fingerprint density at radius 1 is 1.58 bits per heavy atom. The molecule has 1 atom stereocenters. The molecule has 0 saturated carbocycles. The molecule has 0 aromatic rings. The van der Waals surface area contributed by atoms with E-state index >= 15 is 0 Å². The first-order chi connectivity index (χ1) is 5.28. The first-order valence-electron chi connectivity index (χ1n) is 3.51. The van der Waals surface area contributed by atoms with Gasteiger partial charge in [0.1, 0.15) is 6.10 Å². The van der Waals surface area contributed by atoms with Crippen LogP contribution in [-0.2, 0) is 9.53 Å². The van der Waals surface area contributed by atoms with Crippen LogP contribution in [0.1, 0.15) is 13.8 Å². The zero-order valence-electron chi connectivity index (χ0n) is 6.80. The molecular formula is C7H10Cl2O3. The Bertz CT molecular complexity index is 213. The van der Waals surface area contributed by atoms with Gasteiger partial charge in [-0.1, -0.05) is 37.0 Å². The number of esters is 1. The Balaban J connectivity index is 2.93. The first kappa shape index (κ1) is 10.1. The number of ether oxygens (including phenoxy) is 1. The number of halogens is 2. The standard InChI is InChI=1S/C7H10Cl2O3/c1-6(2)3-12-5(11)7(8,9)4(6)10/h4,10H,3H2,1-2H3/t4-/m0/s1. The summed E-state index contributed by atoms with van der Waals surface area (Å²) in [5.74, 6) is -0.780. The fourth-order valence-electron chi connectivity index (χ4n) is 1.03. The van der Waals surface area contributed by atoms with Crippen LogP contribution in [0.4, 0.5) is 0 Å². The van der Waals surface area contributed by atoms with E-state index in [2.05, 4.69) is 0 Å². The summed E-state index contributed by atoms with van der Waals surface area (Å²) < 4.78 is 2.88. The van der Waals surface area contributed by atoms with E-state index in [-0.39, 0.29) is 6.61 Å². The molecule has 5 heteroatoms. The third-order valence-electron chi connectivity index (χ3n) is 1.93. The van der Waals surface area contributed by atoms with Crippen LogP contribution in [0.15, 0.2) is 0 Å². The summed E-state index contributed by atoms with van der Waals surface area (Å²) in [6.07, 6.45) is -1.10. The van der Waals surface area contributed by atoms with Crippen LogP contribution in [-0.4, -0.2) is 28.1 Å². The molecule has 0 unspecified atom stereocenters. The van der Waals surface area contributed by atoms with E-state index in [0.29, 0.717) is 0 Å². The molecule has 1 rings (SSSR count). The maximum Gasteiger partial charge on any atom is 0.345 e. The molecule has 12 heavy (non-hydrogen) atoms. The maximum absolute atomic E-state index is 11.0. The molecule has 0 aromatic carbocycles. The highest BCUT2D eigenvalue weighted by Crippen LogP contribution is 2.41. The first-order valence-corrected chi connectivity index (χ1v) is 4.27. The van der Waals surface area contributed by atoms with Gasteiger partial charge in [0.15, 0.2) is 0 Å². The summed E-state index contributed by atoms with van der Waals surface area (Å²) in [6, 6.07) is 0. The van der Waals surface area contributed by atoms with Crippen molar-refractivity contribution in [2.45, 2.75) is 24.3 Å². The SMILES string of the molecule is CC1(C)COC(=O)C(Cl)(Cl)[C@H]1O. The van der Waals surface area contributed by atoms with Gasteiger partial charge in [0.05, 0.1) is 6.61 Å². The molecule has 0 aliphatic carbocycles. The smallest absolute Gasteiger partial charge is 0.345 e. The molecule has 3 nitrogen and oxygen atoms in total. The van der Waals surface area contributed by atoms with E-state index in [1.165, 1.54) is 0 Å². The van der Waals surface area contributed by atoms with E-state index in [4.69, 9.17) is 27.9 Å². The molecule has 0 spiro atoms. The lowest BCUT2D eigenvalue weighted by Crippen LogP contribution is -2.55. The van der Waals surface area contributed by atoms with Gasteiger partial charge in [-0.05, 0) is 0 Å². The minimum atomic E-state index is -1.83. The highest BCUT2D eigenvalue weighted by Gasteiger charge is 2.54. The molecule has 0 amide bonds. The third kappa shape index (κ3) is 1.41. The quantitative estimate of drug-likeness (QED) is 0.484. The second-order valence-electron chi connectivity index (χ2n) is 3.59. The van der Waals surface area contributed by atoms with Gasteiger partial charge in [-0.25, -0.2) is 4.79 Å². The summed E-state index contributed by atoms with van der Waals surface area (Å²) in [6.45, 7) is 3.58. The van der Waals surface area contributed by atoms with Gasteiger partial charge in [0.25, 0.3) is 0 Å². The van der Waals surface area contributed by atoms with Gasteiger partial charge in [0, 0.05) is 5.41 Å². The van der Waals surface area contributed by atoms with E-state index < -0.39 is 21.8 Å². The molecule has 1 N–H and O–H groups in total. The topological polar surface area (TPSA) is 46.5 Å². The number of aliphatic hydroxyl groups excluding tert-OH is 1. The number of rotatable bonds is 0. The Morgan fingerprint density at radius 2 is 2.08 bits per heavy atom. The fraction of sp³-hybridized carbons (Fsp3) is 0.857. The zero-order valence-corrected chi connectivity index (χ0v) is 8.32. The van der Waals surface area contributed by atoms with Crippen molar-refractivity contribution in [2.24, 2.45) is 5.41 Å². The molecule has 1 aliphatic heterocycles.